The summed E-state index contributed by atoms with van der Waals surface area (Å²) in [5, 5.41) is 25.4. The predicted molar refractivity (Wildman–Crippen MR) is 118 cm³/mol. The fourth-order valence-electron chi connectivity index (χ4n) is 4.21. The van der Waals surface area contributed by atoms with Gasteiger partial charge in [0.25, 0.3) is 11.8 Å². The topological polar surface area (TPSA) is 131 Å². The lowest BCUT2D eigenvalue weighted by Gasteiger charge is -2.23. The van der Waals surface area contributed by atoms with Crippen LogP contribution in [0.15, 0.2) is 30.6 Å². The van der Waals surface area contributed by atoms with Crippen LogP contribution in [0.1, 0.15) is 54.4 Å². The Morgan fingerprint density at radius 1 is 1.25 bits per heavy atom. The number of hydrogen-bond donors (Lipinski definition) is 3. The Morgan fingerprint density at radius 2 is 2.00 bits per heavy atom. The Balaban J connectivity index is 1.45. The second-order valence-corrected chi connectivity index (χ2v) is 8.40. The molecule has 3 N–H and O–H groups in total. The molecule has 9 heteroatoms. The lowest BCUT2D eigenvalue weighted by Crippen LogP contribution is -2.38. The number of aryl methyl sites for hydroxylation is 1. The van der Waals surface area contributed by atoms with E-state index in [1.165, 1.54) is 17.5 Å². The van der Waals surface area contributed by atoms with Crippen molar-refractivity contribution in [3.05, 3.63) is 41.7 Å². The van der Waals surface area contributed by atoms with Crippen LogP contribution in [-0.4, -0.2) is 45.1 Å². The van der Waals surface area contributed by atoms with E-state index >= 15 is 0 Å². The number of carbonyl (C=O) groups excluding carboxylic acids is 2. The van der Waals surface area contributed by atoms with E-state index in [1.54, 1.807) is 30.5 Å². The van der Waals surface area contributed by atoms with Gasteiger partial charge in [0.2, 0.25) is 5.60 Å². The zero-order valence-corrected chi connectivity index (χ0v) is 18.0. The van der Waals surface area contributed by atoms with Gasteiger partial charge in [0.15, 0.2) is 0 Å². The van der Waals surface area contributed by atoms with Crippen molar-refractivity contribution in [3.63, 3.8) is 0 Å². The highest BCUT2D eigenvalue weighted by Crippen LogP contribution is 2.29. The molecule has 3 heterocycles. The minimum Gasteiger partial charge on any atom is -0.368 e. The zero-order chi connectivity index (χ0) is 22.7. The van der Waals surface area contributed by atoms with Gasteiger partial charge < -0.3 is 20.6 Å². The normalized spacial score (nSPS) is 21.3. The molecule has 0 bridgehead atoms. The van der Waals surface area contributed by atoms with Crippen LogP contribution in [0.25, 0.3) is 0 Å². The summed E-state index contributed by atoms with van der Waals surface area (Å²) in [6.07, 6.45) is 8.71. The Hall–Kier alpha value is -3.51. The van der Waals surface area contributed by atoms with Gasteiger partial charge in [-0.2, -0.15) is 5.26 Å². The molecular formula is C23H26N6O3. The first-order chi connectivity index (χ1) is 15.4. The molecule has 4 rings (SSSR count). The van der Waals surface area contributed by atoms with Crippen molar-refractivity contribution in [2.24, 2.45) is 0 Å². The monoisotopic (exact) mass is 434 g/mol. The molecule has 2 aromatic heterocycles. The summed E-state index contributed by atoms with van der Waals surface area (Å²) in [5.74, 6) is 0.224. The summed E-state index contributed by atoms with van der Waals surface area (Å²) >= 11 is 0. The summed E-state index contributed by atoms with van der Waals surface area (Å²) in [4.78, 5) is 35.0. The molecular weight excluding hydrogens is 408 g/mol. The largest absolute Gasteiger partial charge is 0.368 e. The van der Waals surface area contributed by atoms with E-state index in [2.05, 4.69) is 20.6 Å². The van der Waals surface area contributed by atoms with Crippen molar-refractivity contribution in [1.82, 2.24) is 15.3 Å². The Kier molecular flexibility index (Phi) is 6.06. The molecule has 1 aliphatic carbocycles. The Labute approximate surface area is 186 Å². The second-order valence-electron chi connectivity index (χ2n) is 8.40. The summed E-state index contributed by atoms with van der Waals surface area (Å²) in [6.45, 7) is 2.10. The van der Waals surface area contributed by atoms with Crippen LogP contribution in [0.2, 0.25) is 0 Å². The number of carbonyl (C=O) groups is 2. The van der Waals surface area contributed by atoms with Crippen LogP contribution in [-0.2, 0) is 4.79 Å². The van der Waals surface area contributed by atoms with Gasteiger partial charge in [-0.05, 0) is 37.5 Å². The number of anilines is 3. The van der Waals surface area contributed by atoms with Crippen molar-refractivity contribution >= 4 is 29.1 Å². The summed E-state index contributed by atoms with van der Waals surface area (Å²) in [7, 11) is 0. The number of hydrogen-bond acceptors (Lipinski definition) is 7. The van der Waals surface area contributed by atoms with E-state index in [9.17, 15) is 14.7 Å². The fourth-order valence-corrected chi connectivity index (χ4v) is 4.21. The average molecular weight is 435 g/mol. The van der Waals surface area contributed by atoms with Crippen LogP contribution in [0.5, 0.6) is 0 Å². The van der Waals surface area contributed by atoms with Gasteiger partial charge >= 0.3 is 0 Å². The maximum Gasteiger partial charge on any atom is 0.273 e. The molecule has 2 amide bonds. The highest BCUT2D eigenvalue weighted by atomic mass is 16.3. The lowest BCUT2D eigenvalue weighted by atomic mass is 9.95. The number of aromatic nitrogens is 2. The van der Waals surface area contributed by atoms with Crippen LogP contribution >= 0.6 is 0 Å². The number of nitrogens with one attached hydrogen (secondary N) is 2. The lowest BCUT2D eigenvalue weighted by molar-refractivity contribution is -0.128. The number of aliphatic hydroxyl groups is 1. The molecule has 0 unspecified atom stereocenters. The summed E-state index contributed by atoms with van der Waals surface area (Å²) in [5.41, 5.74) is -0.121. The van der Waals surface area contributed by atoms with Crippen molar-refractivity contribution < 1.29 is 14.7 Å². The average Bonchev–Trinajstić information content (AvgIpc) is 3.09. The first-order valence-electron chi connectivity index (χ1n) is 10.9. The number of rotatable bonds is 5. The summed E-state index contributed by atoms with van der Waals surface area (Å²) < 4.78 is 0. The van der Waals surface area contributed by atoms with Crippen LogP contribution in [0, 0.1) is 18.3 Å². The first kappa shape index (κ1) is 21.7. The van der Waals surface area contributed by atoms with Crippen molar-refractivity contribution in [3.8, 4) is 6.07 Å². The molecule has 0 aromatic carbocycles. The standard InChI is InChI=1S/C23H26N6O3/c1-15-11-19(26-13-18(15)21(30)27-16-5-3-2-4-6-16)28-20-12-17(7-9-25-20)29-10-8-23(32,14-24)22(29)31/h7,9,11-13,16,32H,2-6,8,10H2,1H3,(H,27,30)(H,25,26,28)/t23-/m0/s1. The molecule has 0 radical (unpaired) electrons. The zero-order valence-electron chi connectivity index (χ0n) is 18.0. The molecule has 32 heavy (non-hydrogen) atoms. The summed E-state index contributed by atoms with van der Waals surface area (Å²) in [6, 6.07) is 6.98. The van der Waals surface area contributed by atoms with Gasteiger partial charge in [-0.3, -0.25) is 9.59 Å². The predicted octanol–water partition coefficient (Wildman–Crippen LogP) is 2.58. The Morgan fingerprint density at radius 3 is 2.69 bits per heavy atom. The second kappa shape index (κ2) is 8.93. The molecule has 1 saturated heterocycles. The fraction of sp³-hybridized carbons (Fsp3) is 0.435. The van der Waals surface area contributed by atoms with Gasteiger partial charge in [0.1, 0.15) is 17.7 Å². The van der Waals surface area contributed by atoms with Crippen LogP contribution in [0.4, 0.5) is 17.3 Å². The quantitative estimate of drug-likeness (QED) is 0.616. The third kappa shape index (κ3) is 4.41. The van der Waals surface area contributed by atoms with Crippen LogP contribution in [0.3, 0.4) is 0 Å². The molecule has 2 aliphatic rings. The molecule has 1 aliphatic heterocycles. The van der Waals surface area contributed by atoms with Gasteiger partial charge in [-0.1, -0.05) is 19.3 Å². The molecule has 2 aromatic rings. The molecule has 1 saturated carbocycles. The van der Waals surface area contributed by atoms with Crippen molar-refractivity contribution in [2.75, 3.05) is 16.8 Å². The van der Waals surface area contributed by atoms with E-state index in [0.717, 1.165) is 31.2 Å². The molecule has 166 valence electrons. The first-order valence-corrected chi connectivity index (χ1v) is 10.9. The maximum atomic E-state index is 12.6. The molecule has 0 spiro atoms. The van der Waals surface area contributed by atoms with E-state index in [4.69, 9.17) is 5.26 Å². The van der Waals surface area contributed by atoms with Gasteiger partial charge in [-0.15, -0.1) is 0 Å². The third-order valence-corrected chi connectivity index (χ3v) is 6.09. The van der Waals surface area contributed by atoms with Gasteiger partial charge in [-0.25, -0.2) is 9.97 Å². The minimum atomic E-state index is -1.98. The minimum absolute atomic E-state index is 0.0541. The van der Waals surface area contributed by atoms with E-state index < -0.39 is 11.5 Å². The molecule has 2 fully saturated rings. The van der Waals surface area contributed by atoms with E-state index in [0.29, 0.717) is 22.9 Å². The number of pyridine rings is 2. The number of nitrogens with zero attached hydrogens (tertiary/aromatic N) is 4. The highest BCUT2D eigenvalue weighted by molar-refractivity contribution is 6.03. The van der Waals surface area contributed by atoms with Crippen molar-refractivity contribution in [1.29, 1.82) is 5.26 Å². The van der Waals surface area contributed by atoms with E-state index in [-0.39, 0.29) is 24.9 Å². The number of amides is 2. The smallest absolute Gasteiger partial charge is 0.273 e. The van der Waals surface area contributed by atoms with Gasteiger partial charge in [0.05, 0.1) is 5.56 Å². The van der Waals surface area contributed by atoms with Crippen LogP contribution < -0.4 is 15.5 Å². The highest BCUT2D eigenvalue weighted by Gasteiger charge is 2.46. The SMILES string of the molecule is Cc1cc(Nc2cc(N3CC[C@](O)(C#N)C3=O)ccn2)ncc1C(=O)NC1CCCCC1. The maximum absolute atomic E-state index is 12.6. The Bertz CT molecular complexity index is 1080. The third-order valence-electron chi connectivity index (χ3n) is 6.09. The molecule has 9 nitrogen and oxygen atoms in total. The molecule has 1 atom stereocenters. The number of nitriles is 1. The van der Waals surface area contributed by atoms with E-state index in [1.807, 2.05) is 6.92 Å². The van der Waals surface area contributed by atoms with Crippen molar-refractivity contribution in [2.45, 2.75) is 57.1 Å². The van der Waals surface area contributed by atoms with Gasteiger partial charge in [0, 0.05) is 43.2 Å².